The maximum atomic E-state index is 12.5. The highest BCUT2D eigenvalue weighted by molar-refractivity contribution is 7.99. The molecule has 0 spiro atoms. The monoisotopic (exact) mass is 370 g/mol. The second-order valence-corrected chi connectivity index (χ2v) is 7.87. The summed E-state index contributed by atoms with van der Waals surface area (Å²) in [6, 6.07) is 8.21. The number of likely N-dealkylation sites (tertiary alicyclic amines) is 1. The number of piperidine rings is 1. The number of benzene rings is 1. The van der Waals surface area contributed by atoms with Gasteiger partial charge in [-0.1, -0.05) is 48.5 Å². The molecule has 1 aromatic heterocycles. The first-order valence-electron chi connectivity index (χ1n) is 9.10. The van der Waals surface area contributed by atoms with Crippen LogP contribution in [0.4, 0.5) is 0 Å². The van der Waals surface area contributed by atoms with Gasteiger partial charge in [0.15, 0.2) is 11.0 Å². The average Bonchev–Trinajstić information content (AvgIpc) is 3.03. The molecular weight excluding hydrogens is 344 g/mol. The van der Waals surface area contributed by atoms with Crippen molar-refractivity contribution in [3.8, 4) is 11.4 Å². The van der Waals surface area contributed by atoms with Gasteiger partial charge < -0.3 is 4.90 Å². The quantitative estimate of drug-likeness (QED) is 0.573. The second-order valence-electron chi connectivity index (χ2n) is 6.93. The Balaban J connectivity index is 1.72. The summed E-state index contributed by atoms with van der Waals surface area (Å²) in [5, 5.41) is 9.46. The van der Waals surface area contributed by atoms with Crippen molar-refractivity contribution >= 4 is 17.7 Å². The molecule has 6 heteroatoms. The van der Waals surface area contributed by atoms with E-state index in [0.29, 0.717) is 12.3 Å². The van der Waals surface area contributed by atoms with Crippen molar-refractivity contribution in [2.24, 2.45) is 5.92 Å². The van der Waals surface area contributed by atoms with Gasteiger partial charge in [-0.05, 0) is 31.7 Å². The summed E-state index contributed by atoms with van der Waals surface area (Å²) < 4.78 is 2.03. The minimum Gasteiger partial charge on any atom is -0.342 e. The average molecular weight is 371 g/mol. The molecule has 0 aliphatic carbocycles. The summed E-state index contributed by atoms with van der Waals surface area (Å²) in [7, 11) is 0. The van der Waals surface area contributed by atoms with Crippen molar-refractivity contribution in [2.75, 3.05) is 18.8 Å². The predicted molar refractivity (Wildman–Crippen MR) is 106 cm³/mol. The zero-order valence-electron chi connectivity index (χ0n) is 15.5. The number of aryl methyl sites for hydroxylation is 1. The lowest BCUT2D eigenvalue weighted by atomic mass is 9.99. The summed E-state index contributed by atoms with van der Waals surface area (Å²) in [5.74, 6) is 2.12. The Bertz CT molecular complexity index is 778. The number of rotatable bonds is 6. The molecule has 1 fully saturated rings. The van der Waals surface area contributed by atoms with E-state index < -0.39 is 0 Å². The van der Waals surface area contributed by atoms with Crippen molar-refractivity contribution in [3.63, 3.8) is 0 Å². The number of carbonyl (C=O) groups is 1. The molecular formula is C20H26N4OS. The molecule has 1 aliphatic heterocycles. The van der Waals surface area contributed by atoms with E-state index in [-0.39, 0.29) is 5.91 Å². The molecule has 2 aromatic rings. The van der Waals surface area contributed by atoms with E-state index >= 15 is 0 Å². The third kappa shape index (κ3) is 4.36. The van der Waals surface area contributed by atoms with E-state index in [4.69, 9.17) is 0 Å². The topological polar surface area (TPSA) is 51.0 Å². The van der Waals surface area contributed by atoms with Crippen LogP contribution in [0.2, 0.25) is 0 Å². The largest absolute Gasteiger partial charge is 0.342 e. The third-order valence-electron chi connectivity index (χ3n) is 4.77. The van der Waals surface area contributed by atoms with Gasteiger partial charge in [0, 0.05) is 25.2 Å². The molecule has 0 unspecified atom stereocenters. The minimum atomic E-state index is 0.187. The van der Waals surface area contributed by atoms with Gasteiger partial charge in [0.1, 0.15) is 0 Å². The van der Waals surface area contributed by atoms with Crippen molar-refractivity contribution in [1.82, 2.24) is 19.7 Å². The molecule has 0 bridgehead atoms. The molecule has 0 radical (unpaired) electrons. The van der Waals surface area contributed by atoms with E-state index in [1.807, 2.05) is 27.7 Å². The van der Waals surface area contributed by atoms with Crippen LogP contribution < -0.4 is 0 Å². The number of nitrogens with zero attached hydrogens (tertiary/aromatic N) is 4. The van der Waals surface area contributed by atoms with E-state index in [0.717, 1.165) is 48.4 Å². The van der Waals surface area contributed by atoms with Gasteiger partial charge in [-0.15, -0.1) is 16.8 Å². The Morgan fingerprint density at radius 3 is 2.81 bits per heavy atom. The summed E-state index contributed by atoms with van der Waals surface area (Å²) in [6.45, 7) is 10.5. The molecule has 0 N–H and O–H groups in total. The van der Waals surface area contributed by atoms with Gasteiger partial charge in [0.2, 0.25) is 5.91 Å². The lowest BCUT2D eigenvalue weighted by Crippen LogP contribution is -2.38. The van der Waals surface area contributed by atoms with Crippen molar-refractivity contribution in [1.29, 1.82) is 0 Å². The Morgan fingerprint density at radius 1 is 1.35 bits per heavy atom. The van der Waals surface area contributed by atoms with Gasteiger partial charge in [0.05, 0.1) is 5.75 Å². The molecule has 1 amide bonds. The molecule has 1 saturated heterocycles. The lowest BCUT2D eigenvalue weighted by Gasteiger charge is -2.30. The SMILES string of the molecule is C=CCn1c(SCC(=O)N2CCC(C)CC2)nnc1-c1cccc(C)c1. The van der Waals surface area contributed by atoms with Gasteiger partial charge in [-0.25, -0.2) is 0 Å². The predicted octanol–water partition coefficient (Wildman–Crippen LogP) is 3.79. The third-order valence-corrected chi connectivity index (χ3v) is 5.72. The van der Waals surface area contributed by atoms with Crippen molar-refractivity contribution < 1.29 is 4.79 Å². The van der Waals surface area contributed by atoms with Gasteiger partial charge >= 0.3 is 0 Å². The van der Waals surface area contributed by atoms with Crippen LogP contribution in [0, 0.1) is 12.8 Å². The zero-order valence-corrected chi connectivity index (χ0v) is 16.3. The normalized spacial score (nSPS) is 15.2. The standard InChI is InChI=1S/C20H26N4OS/c1-4-10-24-19(17-7-5-6-16(3)13-17)21-22-20(24)26-14-18(25)23-11-8-15(2)9-12-23/h4-7,13,15H,1,8-12,14H2,2-3H3. The molecule has 1 aromatic carbocycles. The Labute approximate surface area is 159 Å². The van der Waals surface area contributed by atoms with Gasteiger partial charge in [0.25, 0.3) is 0 Å². The maximum absolute atomic E-state index is 12.5. The molecule has 5 nitrogen and oxygen atoms in total. The van der Waals surface area contributed by atoms with Crippen LogP contribution in [-0.2, 0) is 11.3 Å². The molecule has 0 saturated carbocycles. The zero-order chi connectivity index (χ0) is 18.5. The molecule has 138 valence electrons. The van der Waals surface area contributed by atoms with Crippen molar-refractivity contribution in [3.05, 3.63) is 42.5 Å². The number of hydrogen-bond acceptors (Lipinski definition) is 4. The smallest absolute Gasteiger partial charge is 0.233 e. The molecule has 26 heavy (non-hydrogen) atoms. The molecule has 1 aliphatic rings. The first-order valence-corrected chi connectivity index (χ1v) is 10.1. The number of carbonyl (C=O) groups excluding carboxylic acids is 1. The van der Waals surface area contributed by atoms with Crippen LogP contribution >= 0.6 is 11.8 Å². The van der Waals surface area contributed by atoms with Crippen molar-refractivity contribution in [2.45, 2.75) is 38.4 Å². The van der Waals surface area contributed by atoms with Gasteiger partial charge in [-0.3, -0.25) is 9.36 Å². The molecule has 0 atom stereocenters. The Kier molecular flexibility index (Phi) is 6.14. The van der Waals surface area contributed by atoms with E-state index in [1.165, 1.54) is 17.3 Å². The first-order chi connectivity index (χ1) is 12.6. The van der Waals surface area contributed by atoms with Gasteiger partial charge in [-0.2, -0.15) is 0 Å². The number of amides is 1. The fourth-order valence-electron chi connectivity index (χ4n) is 3.16. The molecule has 3 rings (SSSR count). The number of hydrogen-bond donors (Lipinski definition) is 0. The van der Waals surface area contributed by atoms with E-state index in [2.05, 4.69) is 42.8 Å². The summed E-state index contributed by atoms with van der Waals surface area (Å²) >= 11 is 1.46. The number of aromatic nitrogens is 3. The van der Waals surface area contributed by atoms with Crippen LogP contribution in [0.1, 0.15) is 25.3 Å². The van der Waals surface area contributed by atoms with Crippen LogP contribution in [0.5, 0.6) is 0 Å². The van der Waals surface area contributed by atoms with E-state index in [9.17, 15) is 4.79 Å². The Hall–Kier alpha value is -2.08. The maximum Gasteiger partial charge on any atom is 0.233 e. The number of thioether (sulfide) groups is 1. The van der Waals surface area contributed by atoms with Crippen LogP contribution in [0.25, 0.3) is 11.4 Å². The lowest BCUT2D eigenvalue weighted by molar-refractivity contribution is -0.129. The fourth-order valence-corrected chi connectivity index (χ4v) is 4.01. The summed E-state index contributed by atoms with van der Waals surface area (Å²) in [4.78, 5) is 14.5. The summed E-state index contributed by atoms with van der Waals surface area (Å²) in [5.41, 5.74) is 2.21. The van der Waals surface area contributed by atoms with E-state index in [1.54, 1.807) is 0 Å². The van der Waals surface area contributed by atoms with Crippen LogP contribution in [0.3, 0.4) is 0 Å². The first kappa shape index (κ1) is 18.7. The Morgan fingerprint density at radius 2 is 2.12 bits per heavy atom. The highest BCUT2D eigenvalue weighted by atomic mass is 32.2. The second kappa shape index (κ2) is 8.54. The van der Waals surface area contributed by atoms with Crippen LogP contribution in [-0.4, -0.2) is 44.4 Å². The number of allylic oxidation sites excluding steroid dienone is 1. The highest BCUT2D eigenvalue weighted by Gasteiger charge is 2.21. The fraction of sp³-hybridized carbons (Fsp3) is 0.450. The summed E-state index contributed by atoms with van der Waals surface area (Å²) in [6.07, 6.45) is 4.03. The highest BCUT2D eigenvalue weighted by Crippen LogP contribution is 2.25. The van der Waals surface area contributed by atoms with Crippen LogP contribution in [0.15, 0.2) is 42.1 Å². The molecule has 2 heterocycles. The minimum absolute atomic E-state index is 0.187.